The first-order valence-electron chi connectivity index (χ1n) is 12.1. The number of benzene rings is 2. The van der Waals surface area contributed by atoms with Crippen molar-refractivity contribution in [1.29, 1.82) is 0 Å². The molecule has 2 aromatic heterocycles. The molecule has 36 heavy (non-hydrogen) atoms. The van der Waals surface area contributed by atoms with Crippen molar-refractivity contribution in [2.75, 3.05) is 17.8 Å². The molecule has 2 aliphatic heterocycles. The van der Waals surface area contributed by atoms with E-state index in [1.165, 1.54) is 40.7 Å². The standard InChI is InChI=1S/C27H27ClN4O3S/c1-30-15-20(23-4-2-3-5-26(23)30)17-31-13-18-12-19(16-31)25-11-10-24(27(33)32(25)14-18)29-36(34,35)22-8-6-21(28)7-9-22/h2-11,15,18-19,29H,12-14,16-17H2,1H3. The van der Waals surface area contributed by atoms with Crippen LogP contribution in [0.4, 0.5) is 5.69 Å². The second-order valence-corrected chi connectivity index (χ2v) is 12.0. The van der Waals surface area contributed by atoms with E-state index in [0.29, 0.717) is 17.5 Å². The Bertz CT molecular complexity index is 1630. The molecule has 186 valence electrons. The fourth-order valence-electron chi connectivity index (χ4n) is 5.86. The summed E-state index contributed by atoms with van der Waals surface area (Å²) in [4.78, 5) is 15.9. The van der Waals surface area contributed by atoms with Crippen molar-refractivity contribution in [3.8, 4) is 0 Å². The zero-order valence-electron chi connectivity index (χ0n) is 19.9. The molecule has 1 fully saturated rings. The Morgan fingerprint density at radius 3 is 2.58 bits per heavy atom. The lowest BCUT2D eigenvalue weighted by molar-refractivity contribution is 0.115. The van der Waals surface area contributed by atoms with Crippen molar-refractivity contribution < 1.29 is 8.42 Å². The third-order valence-electron chi connectivity index (χ3n) is 7.42. The molecule has 6 rings (SSSR count). The van der Waals surface area contributed by atoms with Gasteiger partial charge in [0, 0.05) is 67.0 Å². The van der Waals surface area contributed by atoms with E-state index in [-0.39, 0.29) is 22.1 Å². The van der Waals surface area contributed by atoms with Crippen LogP contribution < -0.4 is 10.3 Å². The maximum Gasteiger partial charge on any atom is 0.275 e. The molecule has 2 aliphatic rings. The number of halogens is 1. The maximum absolute atomic E-state index is 13.3. The number of aromatic nitrogens is 2. The number of hydrogen-bond acceptors (Lipinski definition) is 4. The van der Waals surface area contributed by atoms with Gasteiger partial charge in [-0.3, -0.25) is 14.4 Å². The van der Waals surface area contributed by atoms with Gasteiger partial charge < -0.3 is 9.13 Å². The molecular formula is C27H27ClN4O3S. The van der Waals surface area contributed by atoms with Crippen molar-refractivity contribution in [2.24, 2.45) is 13.0 Å². The molecule has 9 heteroatoms. The first-order valence-corrected chi connectivity index (χ1v) is 13.9. The zero-order valence-corrected chi connectivity index (χ0v) is 21.5. The Labute approximate surface area is 215 Å². The summed E-state index contributed by atoms with van der Waals surface area (Å²) in [6, 6.07) is 17.9. The Morgan fingerprint density at radius 2 is 1.78 bits per heavy atom. The van der Waals surface area contributed by atoms with Crippen LogP contribution in [0.5, 0.6) is 0 Å². The summed E-state index contributed by atoms with van der Waals surface area (Å²) in [5.41, 5.74) is 3.31. The van der Waals surface area contributed by atoms with E-state index in [1.807, 2.05) is 6.07 Å². The van der Waals surface area contributed by atoms with Crippen LogP contribution in [0.25, 0.3) is 10.9 Å². The summed E-state index contributed by atoms with van der Waals surface area (Å²) < 4.78 is 32.1. The van der Waals surface area contributed by atoms with E-state index < -0.39 is 10.0 Å². The van der Waals surface area contributed by atoms with E-state index in [4.69, 9.17) is 11.6 Å². The number of sulfonamides is 1. The molecule has 4 aromatic rings. The lowest BCUT2D eigenvalue weighted by Crippen LogP contribution is -2.47. The fraction of sp³-hybridized carbons (Fsp3) is 0.296. The molecule has 0 radical (unpaired) electrons. The van der Waals surface area contributed by atoms with Crippen LogP contribution in [0.15, 0.2) is 76.6 Å². The van der Waals surface area contributed by atoms with Gasteiger partial charge in [-0.15, -0.1) is 0 Å². The molecule has 1 saturated heterocycles. The molecular weight excluding hydrogens is 496 g/mol. The molecule has 2 atom stereocenters. The zero-order chi connectivity index (χ0) is 25.0. The first-order chi connectivity index (χ1) is 17.3. The minimum atomic E-state index is -3.89. The fourth-order valence-corrected chi connectivity index (χ4v) is 7.04. The molecule has 0 amide bonds. The van der Waals surface area contributed by atoms with Gasteiger partial charge in [-0.25, -0.2) is 8.42 Å². The van der Waals surface area contributed by atoms with Crippen LogP contribution in [0.1, 0.15) is 23.6 Å². The average molecular weight is 523 g/mol. The molecule has 2 bridgehead atoms. The topological polar surface area (TPSA) is 76.3 Å². The normalized spacial score (nSPS) is 19.8. The molecule has 1 N–H and O–H groups in total. The molecule has 0 saturated carbocycles. The number of anilines is 1. The predicted octanol–water partition coefficient (Wildman–Crippen LogP) is 4.41. The van der Waals surface area contributed by atoms with E-state index in [9.17, 15) is 13.2 Å². The Hall–Kier alpha value is -3.07. The van der Waals surface area contributed by atoms with Crippen molar-refractivity contribution in [2.45, 2.75) is 30.3 Å². The van der Waals surface area contributed by atoms with E-state index in [0.717, 1.165) is 31.7 Å². The van der Waals surface area contributed by atoms with Crippen LogP contribution in [-0.4, -0.2) is 35.5 Å². The first kappa shape index (κ1) is 23.3. The number of nitrogens with one attached hydrogen (secondary N) is 1. The second kappa shape index (κ2) is 8.80. The monoisotopic (exact) mass is 522 g/mol. The van der Waals surface area contributed by atoms with Crippen LogP contribution in [0, 0.1) is 5.92 Å². The number of aryl methyl sites for hydroxylation is 1. The Morgan fingerprint density at radius 1 is 1.00 bits per heavy atom. The van der Waals surface area contributed by atoms with Crippen molar-refractivity contribution in [3.05, 3.63) is 93.5 Å². The van der Waals surface area contributed by atoms with Gasteiger partial charge in [0.15, 0.2) is 0 Å². The smallest absolute Gasteiger partial charge is 0.275 e. The summed E-state index contributed by atoms with van der Waals surface area (Å²) in [6.45, 7) is 3.24. The largest absolute Gasteiger partial charge is 0.350 e. The maximum atomic E-state index is 13.3. The van der Waals surface area contributed by atoms with Gasteiger partial charge in [0.1, 0.15) is 5.69 Å². The lowest BCUT2D eigenvalue weighted by atomic mass is 9.83. The van der Waals surface area contributed by atoms with Crippen LogP contribution in [0.2, 0.25) is 5.02 Å². The van der Waals surface area contributed by atoms with Crippen molar-refractivity contribution in [3.63, 3.8) is 0 Å². The molecule has 2 unspecified atom stereocenters. The number of piperidine rings is 1. The van der Waals surface area contributed by atoms with Crippen molar-refractivity contribution >= 4 is 38.2 Å². The SMILES string of the molecule is Cn1cc(CN2CC3CC(C2)c2ccc(NS(=O)(=O)c4ccc(Cl)cc4)c(=O)n2C3)c2ccccc21. The second-order valence-electron chi connectivity index (χ2n) is 9.92. The van der Waals surface area contributed by atoms with Gasteiger partial charge in [-0.1, -0.05) is 29.8 Å². The van der Waals surface area contributed by atoms with E-state index in [2.05, 4.69) is 51.7 Å². The number of rotatable bonds is 5. The summed E-state index contributed by atoms with van der Waals surface area (Å²) in [5, 5.41) is 1.73. The highest BCUT2D eigenvalue weighted by atomic mass is 35.5. The minimum Gasteiger partial charge on any atom is -0.350 e. The molecule has 7 nitrogen and oxygen atoms in total. The number of pyridine rings is 1. The highest BCUT2D eigenvalue weighted by Gasteiger charge is 2.35. The van der Waals surface area contributed by atoms with Gasteiger partial charge >= 0.3 is 0 Å². The molecule has 4 heterocycles. The third kappa shape index (κ3) is 4.13. The van der Waals surface area contributed by atoms with Crippen LogP contribution in [0.3, 0.4) is 0 Å². The van der Waals surface area contributed by atoms with Gasteiger partial charge in [0.05, 0.1) is 4.90 Å². The number of nitrogens with zero attached hydrogens (tertiary/aromatic N) is 3. The number of likely N-dealkylation sites (tertiary alicyclic amines) is 1. The lowest BCUT2D eigenvalue weighted by Gasteiger charge is -2.43. The molecule has 0 spiro atoms. The van der Waals surface area contributed by atoms with Gasteiger partial charge in [-0.05, 0) is 60.4 Å². The highest BCUT2D eigenvalue weighted by molar-refractivity contribution is 7.92. The Balaban J connectivity index is 1.24. The summed E-state index contributed by atoms with van der Waals surface area (Å²) in [5.74, 6) is 0.578. The number of fused-ring (bicyclic) bond motifs is 5. The minimum absolute atomic E-state index is 0.0648. The van der Waals surface area contributed by atoms with Crippen molar-refractivity contribution in [1.82, 2.24) is 14.0 Å². The summed E-state index contributed by atoms with van der Waals surface area (Å²) >= 11 is 5.88. The summed E-state index contributed by atoms with van der Waals surface area (Å²) in [6.07, 6.45) is 3.26. The Kier molecular flexibility index (Phi) is 5.70. The van der Waals surface area contributed by atoms with Crippen LogP contribution in [-0.2, 0) is 30.2 Å². The summed E-state index contributed by atoms with van der Waals surface area (Å²) in [7, 11) is -1.81. The van der Waals surface area contributed by atoms with Gasteiger partial charge in [0.2, 0.25) is 0 Å². The molecule has 0 aliphatic carbocycles. The van der Waals surface area contributed by atoms with Crippen LogP contribution >= 0.6 is 11.6 Å². The third-order valence-corrected chi connectivity index (χ3v) is 9.05. The van der Waals surface area contributed by atoms with Gasteiger partial charge in [0.25, 0.3) is 15.6 Å². The average Bonchev–Trinajstić information content (AvgIpc) is 3.16. The molecule has 2 aromatic carbocycles. The van der Waals surface area contributed by atoms with Gasteiger partial charge in [-0.2, -0.15) is 0 Å². The quantitative estimate of drug-likeness (QED) is 0.421. The highest BCUT2D eigenvalue weighted by Crippen LogP contribution is 2.36. The number of hydrogen-bond donors (Lipinski definition) is 1. The predicted molar refractivity (Wildman–Crippen MR) is 142 cm³/mol. The van der Waals surface area contributed by atoms with E-state index in [1.54, 1.807) is 10.6 Å². The van der Waals surface area contributed by atoms with E-state index >= 15 is 0 Å². The number of para-hydroxylation sites is 1.